The first-order valence-corrected chi connectivity index (χ1v) is 8.73. The van der Waals surface area contributed by atoms with Crippen LogP contribution < -0.4 is 10.7 Å². The summed E-state index contributed by atoms with van der Waals surface area (Å²) in [4.78, 5) is 10.7. The lowest BCUT2D eigenvalue weighted by molar-refractivity contribution is -1.24. The second kappa shape index (κ2) is 6.22. The summed E-state index contributed by atoms with van der Waals surface area (Å²) in [5.41, 5.74) is -2.81. The molecule has 0 spiro atoms. The van der Waals surface area contributed by atoms with Gasteiger partial charge in [-0.15, -0.1) is 0 Å². The third kappa shape index (κ3) is 3.64. The number of hydroxylamine groups is 2. The molecule has 0 saturated heterocycles. The van der Waals surface area contributed by atoms with Gasteiger partial charge in [0.1, 0.15) is 5.69 Å². The molecule has 4 rings (SSSR count). The second-order valence-corrected chi connectivity index (χ2v) is 8.16. The molecule has 0 aromatic heterocycles. The zero-order valence-corrected chi connectivity index (χ0v) is 15.4. The fourth-order valence-corrected chi connectivity index (χ4v) is 3.85. The molecule has 6 nitrogen and oxygen atoms in total. The Bertz CT molecular complexity index is 815. The van der Waals surface area contributed by atoms with Crippen LogP contribution in [-0.2, 0) is 6.18 Å². The van der Waals surface area contributed by atoms with Crippen LogP contribution in [0.5, 0.6) is 0 Å². The SMILES string of the molecule is CC(C)[N+](O)(O)Nc1cc(C(F)(F)F)ccc1C(=O)NC12CC(C(F)(F)F)(C1)C2. The molecule has 0 atom stereocenters. The van der Waals surface area contributed by atoms with E-state index in [-0.39, 0.29) is 24.8 Å². The average molecular weight is 428 g/mol. The van der Waals surface area contributed by atoms with Crippen molar-refractivity contribution in [1.82, 2.24) is 5.32 Å². The molecule has 1 aromatic carbocycles. The van der Waals surface area contributed by atoms with Crippen LogP contribution in [0.15, 0.2) is 18.2 Å². The Kier molecular flexibility index (Phi) is 4.65. The van der Waals surface area contributed by atoms with Gasteiger partial charge in [-0.05, 0) is 51.3 Å². The molecule has 3 fully saturated rings. The van der Waals surface area contributed by atoms with Crippen LogP contribution in [0.2, 0.25) is 0 Å². The molecule has 0 aliphatic heterocycles. The van der Waals surface area contributed by atoms with Gasteiger partial charge in [0.15, 0.2) is 6.04 Å². The number of rotatable bonds is 5. The Hall–Kier alpha value is -2.05. The van der Waals surface area contributed by atoms with E-state index in [2.05, 4.69) is 10.7 Å². The van der Waals surface area contributed by atoms with Crippen molar-refractivity contribution in [2.75, 3.05) is 5.43 Å². The molecule has 0 radical (unpaired) electrons. The van der Waals surface area contributed by atoms with E-state index < -0.39 is 51.4 Å². The highest BCUT2D eigenvalue weighted by Crippen LogP contribution is 2.73. The fraction of sp³-hybridized carbons (Fsp3) is 0.588. The first-order valence-electron chi connectivity index (χ1n) is 8.73. The monoisotopic (exact) mass is 428 g/mol. The topological polar surface area (TPSA) is 81.6 Å². The number of hydrogen-bond donors (Lipinski definition) is 4. The van der Waals surface area contributed by atoms with Gasteiger partial charge in [-0.3, -0.25) is 4.79 Å². The van der Waals surface area contributed by atoms with Crippen molar-refractivity contribution in [3.8, 4) is 0 Å². The maximum absolute atomic E-state index is 13.0. The molecule has 0 unspecified atom stereocenters. The van der Waals surface area contributed by atoms with E-state index in [0.29, 0.717) is 12.1 Å². The van der Waals surface area contributed by atoms with Gasteiger partial charge in [-0.1, -0.05) is 0 Å². The van der Waals surface area contributed by atoms with Crippen LogP contribution in [0.3, 0.4) is 0 Å². The summed E-state index contributed by atoms with van der Waals surface area (Å²) in [6.45, 7) is 2.72. The Balaban J connectivity index is 1.84. The van der Waals surface area contributed by atoms with Crippen LogP contribution in [-0.4, -0.2) is 39.0 Å². The summed E-state index contributed by atoms with van der Waals surface area (Å²) < 4.78 is 77.9. The smallest absolute Gasteiger partial charge is 0.346 e. The summed E-state index contributed by atoms with van der Waals surface area (Å²) in [6.07, 6.45) is -9.99. The maximum Gasteiger partial charge on any atom is 0.416 e. The number of amides is 1. The lowest BCUT2D eigenvalue weighted by atomic mass is 9.39. The largest absolute Gasteiger partial charge is 0.416 e. The van der Waals surface area contributed by atoms with Crippen LogP contribution in [0, 0.1) is 5.41 Å². The Morgan fingerprint density at radius 3 is 2.10 bits per heavy atom. The summed E-state index contributed by atoms with van der Waals surface area (Å²) in [5.74, 6) is -0.902. The summed E-state index contributed by atoms with van der Waals surface area (Å²) in [6, 6.07) is 1.10. The third-order valence-corrected chi connectivity index (χ3v) is 5.61. The molecular formula is C17H20F6N3O3+. The summed E-state index contributed by atoms with van der Waals surface area (Å²) >= 11 is 0. The Morgan fingerprint density at radius 1 is 1.10 bits per heavy atom. The Labute approximate surface area is 161 Å². The zero-order valence-electron chi connectivity index (χ0n) is 15.4. The van der Waals surface area contributed by atoms with E-state index in [1.807, 2.05) is 0 Å². The highest BCUT2D eigenvalue weighted by molar-refractivity contribution is 6.00. The average Bonchev–Trinajstić information content (AvgIpc) is 2.46. The van der Waals surface area contributed by atoms with E-state index in [1.165, 1.54) is 13.8 Å². The lowest BCUT2D eigenvalue weighted by Gasteiger charge is -2.70. The number of carbonyl (C=O) groups excluding carboxylic acids is 1. The van der Waals surface area contributed by atoms with E-state index in [9.17, 15) is 41.6 Å². The van der Waals surface area contributed by atoms with Crippen molar-refractivity contribution >= 4 is 11.6 Å². The van der Waals surface area contributed by atoms with Crippen LogP contribution >= 0.6 is 0 Å². The number of quaternary nitrogens is 1. The number of benzene rings is 1. The van der Waals surface area contributed by atoms with Crippen molar-refractivity contribution < 1.29 is 46.5 Å². The first kappa shape index (κ1) is 21.7. The number of halogens is 6. The third-order valence-electron chi connectivity index (χ3n) is 5.61. The van der Waals surface area contributed by atoms with Gasteiger partial charge in [-0.25, -0.2) is 0 Å². The van der Waals surface area contributed by atoms with Crippen molar-refractivity contribution in [3.05, 3.63) is 29.3 Å². The van der Waals surface area contributed by atoms with Crippen molar-refractivity contribution in [3.63, 3.8) is 0 Å². The molecule has 162 valence electrons. The summed E-state index contributed by atoms with van der Waals surface area (Å²) in [5, 5.41) is 22.3. The molecule has 1 aromatic rings. The second-order valence-electron chi connectivity index (χ2n) is 8.16. The highest BCUT2D eigenvalue weighted by atomic mass is 19.4. The predicted molar refractivity (Wildman–Crippen MR) is 86.6 cm³/mol. The number of nitrogens with one attached hydrogen (secondary N) is 2. The number of anilines is 1. The molecular weight excluding hydrogens is 408 g/mol. The molecule has 3 saturated carbocycles. The van der Waals surface area contributed by atoms with Crippen LogP contribution in [0.25, 0.3) is 0 Å². The molecule has 2 bridgehead atoms. The predicted octanol–water partition coefficient (Wildman–Crippen LogP) is 4.25. The number of carbonyl (C=O) groups is 1. The lowest BCUT2D eigenvalue weighted by Crippen LogP contribution is -2.78. The fourth-order valence-electron chi connectivity index (χ4n) is 3.85. The number of nitrogens with zero attached hydrogens (tertiary/aromatic N) is 1. The van der Waals surface area contributed by atoms with Crippen molar-refractivity contribution in [2.24, 2.45) is 5.41 Å². The number of hydrogen-bond acceptors (Lipinski definition) is 4. The Morgan fingerprint density at radius 2 is 1.66 bits per heavy atom. The number of alkyl halides is 6. The molecule has 3 aliphatic rings. The van der Waals surface area contributed by atoms with Gasteiger partial charge < -0.3 is 5.32 Å². The molecule has 0 heterocycles. The molecule has 29 heavy (non-hydrogen) atoms. The molecule has 1 amide bonds. The van der Waals surface area contributed by atoms with Gasteiger partial charge >= 0.3 is 12.4 Å². The summed E-state index contributed by atoms with van der Waals surface area (Å²) in [7, 11) is 0. The van der Waals surface area contributed by atoms with Crippen molar-refractivity contribution in [2.45, 2.75) is 57.0 Å². The van der Waals surface area contributed by atoms with Crippen molar-refractivity contribution in [1.29, 1.82) is 0 Å². The minimum Gasteiger partial charge on any atom is -0.346 e. The van der Waals surface area contributed by atoms with Gasteiger partial charge in [0.2, 0.25) is 0 Å². The van der Waals surface area contributed by atoms with Crippen LogP contribution in [0.4, 0.5) is 32.0 Å². The van der Waals surface area contributed by atoms with Gasteiger partial charge in [0, 0.05) is 10.5 Å². The quantitative estimate of drug-likeness (QED) is 0.321. The van der Waals surface area contributed by atoms with Gasteiger partial charge in [0.05, 0.1) is 16.5 Å². The minimum atomic E-state index is -4.75. The molecule has 4 N–H and O–H groups in total. The standard InChI is InChI=1S/C17H19F6N3O3/c1-9(2)26(28,29)25-12-5-10(16(18,19)20)3-4-11(12)13(27)24-15-6-14(7-15,8-15)17(21,22)23/h3-5,9,28-29H,6-8H2,1-2H3,(H-,24,25,27)/p+1. The van der Waals surface area contributed by atoms with E-state index >= 15 is 0 Å². The first-order chi connectivity index (χ1) is 13.0. The van der Waals surface area contributed by atoms with Gasteiger partial charge in [-0.2, -0.15) is 42.2 Å². The maximum atomic E-state index is 13.0. The van der Waals surface area contributed by atoms with E-state index in [0.717, 1.165) is 6.07 Å². The minimum absolute atomic E-state index is 0.287. The normalized spacial score (nSPS) is 26.6. The highest BCUT2D eigenvalue weighted by Gasteiger charge is 2.79. The van der Waals surface area contributed by atoms with E-state index in [4.69, 9.17) is 0 Å². The molecule has 12 heteroatoms. The molecule has 3 aliphatic carbocycles. The zero-order chi connectivity index (χ0) is 22.0. The van der Waals surface area contributed by atoms with Crippen LogP contribution in [0.1, 0.15) is 49.0 Å². The van der Waals surface area contributed by atoms with Gasteiger partial charge in [0.25, 0.3) is 5.91 Å². The van der Waals surface area contributed by atoms with E-state index in [1.54, 1.807) is 0 Å².